The molecular formula is C15H17N3O2. The van der Waals surface area contributed by atoms with Gasteiger partial charge in [-0.15, -0.1) is 0 Å². The molecule has 1 heterocycles. The summed E-state index contributed by atoms with van der Waals surface area (Å²) < 4.78 is 5.39. The van der Waals surface area contributed by atoms with E-state index < -0.39 is 0 Å². The van der Waals surface area contributed by atoms with Crippen molar-refractivity contribution in [2.75, 3.05) is 11.9 Å². The summed E-state index contributed by atoms with van der Waals surface area (Å²) >= 11 is 0. The van der Waals surface area contributed by atoms with Gasteiger partial charge in [-0.2, -0.15) is 0 Å². The molecule has 0 aliphatic rings. The Morgan fingerprint density at radius 3 is 2.60 bits per heavy atom. The molecule has 3 N–H and O–H groups in total. The fourth-order valence-electron chi connectivity index (χ4n) is 1.61. The van der Waals surface area contributed by atoms with Crippen LogP contribution in [-0.2, 0) is 11.3 Å². The van der Waals surface area contributed by atoms with E-state index in [1.54, 1.807) is 24.4 Å². The van der Waals surface area contributed by atoms with E-state index in [2.05, 4.69) is 10.3 Å². The van der Waals surface area contributed by atoms with E-state index in [4.69, 9.17) is 10.5 Å². The molecule has 1 amide bonds. The van der Waals surface area contributed by atoms with Crippen LogP contribution in [0.2, 0.25) is 0 Å². The number of nitrogens with one attached hydrogen (secondary N) is 1. The van der Waals surface area contributed by atoms with Gasteiger partial charge in [0, 0.05) is 12.2 Å². The number of aromatic nitrogens is 1. The first-order valence-electron chi connectivity index (χ1n) is 6.31. The SMILES string of the molecule is Cc1ccc(NC(=O)COc2ccc(CN)cc2)cn1. The van der Waals surface area contributed by atoms with Crippen LogP contribution in [0, 0.1) is 6.92 Å². The summed E-state index contributed by atoms with van der Waals surface area (Å²) in [6.07, 6.45) is 1.61. The van der Waals surface area contributed by atoms with Crippen molar-refractivity contribution in [3.63, 3.8) is 0 Å². The van der Waals surface area contributed by atoms with Crippen molar-refractivity contribution in [1.82, 2.24) is 4.98 Å². The minimum absolute atomic E-state index is 0.0458. The highest BCUT2D eigenvalue weighted by Crippen LogP contribution is 2.12. The zero-order valence-electron chi connectivity index (χ0n) is 11.3. The number of rotatable bonds is 5. The van der Waals surface area contributed by atoms with Gasteiger partial charge in [-0.1, -0.05) is 12.1 Å². The Morgan fingerprint density at radius 2 is 2.00 bits per heavy atom. The van der Waals surface area contributed by atoms with Crippen LogP contribution >= 0.6 is 0 Å². The molecule has 0 unspecified atom stereocenters. The van der Waals surface area contributed by atoms with Crippen LogP contribution in [0.4, 0.5) is 5.69 Å². The van der Waals surface area contributed by atoms with Gasteiger partial charge in [-0.3, -0.25) is 9.78 Å². The normalized spacial score (nSPS) is 10.1. The maximum absolute atomic E-state index is 11.7. The predicted molar refractivity (Wildman–Crippen MR) is 77.4 cm³/mol. The highest BCUT2D eigenvalue weighted by atomic mass is 16.5. The number of benzene rings is 1. The Labute approximate surface area is 117 Å². The van der Waals surface area contributed by atoms with Crippen LogP contribution in [0.3, 0.4) is 0 Å². The largest absolute Gasteiger partial charge is 0.484 e. The average molecular weight is 271 g/mol. The van der Waals surface area contributed by atoms with Crippen molar-refractivity contribution < 1.29 is 9.53 Å². The summed E-state index contributed by atoms with van der Waals surface area (Å²) in [5.74, 6) is 0.415. The van der Waals surface area contributed by atoms with Crippen molar-refractivity contribution in [3.05, 3.63) is 53.9 Å². The maximum Gasteiger partial charge on any atom is 0.262 e. The van der Waals surface area contributed by atoms with Crippen molar-refractivity contribution in [1.29, 1.82) is 0 Å². The van der Waals surface area contributed by atoms with E-state index in [1.807, 2.05) is 25.1 Å². The third-order valence-electron chi connectivity index (χ3n) is 2.72. The fourth-order valence-corrected chi connectivity index (χ4v) is 1.61. The van der Waals surface area contributed by atoms with E-state index in [1.165, 1.54) is 0 Å². The van der Waals surface area contributed by atoms with Crippen molar-refractivity contribution in [2.24, 2.45) is 5.73 Å². The van der Waals surface area contributed by atoms with E-state index >= 15 is 0 Å². The Bertz CT molecular complexity index is 565. The number of amides is 1. The lowest BCUT2D eigenvalue weighted by Crippen LogP contribution is -2.20. The second kappa shape index (κ2) is 6.68. The topological polar surface area (TPSA) is 77.2 Å². The van der Waals surface area contributed by atoms with Crippen LogP contribution in [0.1, 0.15) is 11.3 Å². The molecule has 0 aliphatic heterocycles. The van der Waals surface area contributed by atoms with Gasteiger partial charge in [0.25, 0.3) is 5.91 Å². The Hall–Kier alpha value is -2.40. The Morgan fingerprint density at radius 1 is 1.25 bits per heavy atom. The third kappa shape index (κ3) is 4.07. The molecule has 2 aromatic rings. The van der Waals surface area contributed by atoms with Gasteiger partial charge in [-0.05, 0) is 36.8 Å². The van der Waals surface area contributed by atoms with Crippen LogP contribution in [-0.4, -0.2) is 17.5 Å². The number of anilines is 1. The summed E-state index contributed by atoms with van der Waals surface area (Å²) in [5, 5.41) is 2.72. The molecule has 5 nitrogen and oxygen atoms in total. The summed E-state index contributed by atoms with van der Waals surface area (Å²) in [4.78, 5) is 15.8. The van der Waals surface area contributed by atoms with Crippen LogP contribution in [0.15, 0.2) is 42.6 Å². The summed E-state index contributed by atoms with van der Waals surface area (Å²) in [5.41, 5.74) is 8.09. The molecule has 0 radical (unpaired) electrons. The van der Waals surface area contributed by atoms with E-state index in [9.17, 15) is 4.79 Å². The van der Waals surface area contributed by atoms with Crippen LogP contribution in [0.25, 0.3) is 0 Å². The smallest absolute Gasteiger partial charge is 0.262 e. The summed E-state index contributed by atoms with van der Waals surface area (Å²) in [7, 11) is 0. The molecule has 0 saturated carbocycles. The molecule has 20 heavy (non-hydrogen) atoms. The van der Waals surface area contributed by atoms with Crippen molar-refractivity contribution >= 4 is 11.6 Å². The number of hydrogen-bond donors (Lipinski definition) is 2. The van der Waals surface area contributed by atoms with Gasteiger partial charge in [0.2, 0.25) is 0 Å². The van der Waals surface area contributed by atoms with Gasteiger partial charge in [0.15, 0.2) is 6.61 Å². The number of carbonyl (C=O) groups excluding carboxylic acids is 1. The summed E-state index contributed by atoms with van der Waals surface area (Å²) in [6, 6.07) is 11.0. The number of nitrogens with two attached hydrogens (primary N) is 1. The fraction of sp³-hybridized carbons (Fsp3) is 0.200. The molecule has 1 aromatic heterocycles. The monoisotopic (exact) mass is 271 g/mol. The third-order valence-corrected chi connectivity index (χ3v) is 2.72. The van der Waals surface area contributed by atoms with Gasteiger partial charge in [-0.25, -0.2) is 0 Å². The molecule has 1 aromatic carbocycles. The molecule has 104 valence electrons. The number of aryl methyl sites for hydroxylation is 1. The highest BCUT2D eigenvalue weighted by molar-refractivity contribution is 5.91. The van der Waals surface area contributed by atoms with Gasteiger partial charge in [0.05, 0.1) is 11.9 Å². The molecule has 2 rings (SSSR count). The zero-order valence-corrected chi connectivity index (χ0v) is 11.3. The van der Waals surface area contributed by atoms with Gasteiger partial charge >= 0.3 is 0 Å². The standard InChI is InChI=1S/C15H17N3O2/c1-11-2-5-13(9-17-11)18-15(19)10-20-14-6-3-12(8-16)4-7-14/h2-7,9H,8,10,16H2,1H3,(H,18,19). The van der Waals surface area contributed by atoms with Crippen LogP contribution < -0.4 is 15.8 Å². The highest BCUT2D eigenvalue weighted by Gasteiger charge is 2.04. The number of nitrogens with zero attached hydrogens (tertiary/aromatic N) is 1. The van der Waals surface area contributed by atoms with E-state index in [-0.39, 0.29) is 12.5 Å². The van der Waals surface area contributed by atoms with E-state index in [0.29, 0.717) is 18.0 Å². The molecule has 0 aliphatic carbocycles. The second-order valence-electron chi connectivity index (χ2n) is 4.37. The first kappa shape index (κ1) is 14.0. The minimum Gasteiger partial charge on any atom is -0.484 e. The van der Waals surface area contributed by atoms with E-state index in [0.717, 1.165) is 11.3 Å². The number of carbonyl (C=O) groups is 1. The lowest BCUT2D eigenvalue weighted by molar-refractivity contribution is -0.118. The Kier molecular flexibility index (Phi) is 4.68. The molecule has 0 fully saturated rings. The minimum atomic E-state index is -0.224. The first-order valence-corrected chi connectivity index (χ1v) is 6.31. The molecule has 0 spiro atoms. The molecule has 0 saturated heterocycles. The van der Waals surface area contributed by atoms with Gasteiger partial charge < -0.3 is 15.8 Å². The average Bonchev–Trinajstić information content (AvgIpc) is 2.48. The molecule has 0 atom stereocenters. The van der Waals surface area contributed by atoms with Gasteiger partial charge in [0.1, 0.15) is 5.75 Å². The summed E-state index contributed by atoms with van der Waals surface area (Å²) in [6.45, 7) is 2.33. The lowest BCUT2D eigenvalue weighted by Gasteiger charge is -2.08. The number of hydrogen-bond acceptors (Lipinski definition) is 4. The maximum atomic E-state index is 11.7. The molecular weight excluding hydrogens is 254 g/mol. The van der Waals surface area contributed by atoms with Crippen LogP contribution in [0.5, 0.6) is 5.75 Å². The number of pyridine rings is 1. The molecule has 0 bridgehead atoms. The van der Waals surface area contributed by atoms with Crippen molar-refractivity contribution in [2.45, 2.75) is 13.5 Å². The Balaban J connectivity index is 1.83. The molecule has 5 heteroatoms. The zero-order chi connectivity index (χ0) is 14.4. The lowest BCUT2D eigenvalue weighted by atomic mass is 10.2. The van der Waals surface area contributed by atoms with Crippen molar-refractivity contribution in [3.8, 4) is 5.75 Å². The quantitative estimate of drug-likeness (QED) is 0.870. The predicted octanol–water partition coefficient (Wildman–Crippen LogP) is 1.87. The second-order valence-corrected chi connectivity index (χ2v) is 4.37. The number of ether oxygens (including phenoxy) is 1. The first-order chi connectivity index (χ1) is 9.67.